The van der Waals surface area contributed by atoms with Crippen LogP contribution in [0.15, 0.2) is 48.5 Å². The van der Waals surface area contributed by atoms with Gasteiger partial charge in [-0.25, -0.2) is 4.39 Å². The number of ether oxygens (including phenoxy) is 1. The minimum atomic E-state index is -4.48. The van der Waals surface area contributed by atoms with Gasteiger partial charge in [0.05, 0.1) is 12.2 Å². The van der Waals surface area contributed by atoms with Crippen LogP contribution in [0, 0.1) is 5.82 Å². The van der Waals surface area contributed by atoms with Gasteiger partial charge in [-0.1, -0.05) is 24.3 Å². The van der Waals surface area contributed by atoms with Gasteiger partial charge in [0, 0.05) is 12.5 Å². The molecule has 1 unspecified atom stereocenters. The monoisotopic (exact) mass is 313 g/mol. The van der Waals surface area contributed by atoms with Crippen LogP contribution in [0.5, 0.6) is 5.75 Å². The van der Waals surface area contributed by atoms with Gasteiger partial charge in [0.25, 0.3) is 0 Å². The third kappa shape index (κ3) is 3.98. The first kappa shape index (κ1) is 16.3. The van der Waals surface area contributed by atoms with E-state index in [1.165, 1.54) is 30.3 Å². The fraction of sp³-hybridized carbons (Fsp3) is 0.250. The molecule has 118 valence electrons. The number of alkyl halides is 3. The normalized spacial score (nSPS) is 13.0. The van der Waals surface area contributed by atoms with Crippen molar-refractivity contribution < 1.29 is 22.3 Å². The molecule has 1 atom stereocenters. The lowest BCUT2D eigenvalue weighted by Crippen LogP contribution is -2.20. The van der Waals surface area contributed by atoms with E-state index in [1.54, 1.807) is 12.1 Å². The van der Waals surface area contributed by atoms with Crippen LogP contribution in [0.2, 0.25) is 0 Å². The summed E-state index contributed by atoms with van der Waals surface area (Å²) in [5.41, 5.74) is 5.52. The molecular formula is C16H15F4NO. The molecule has 2 nitrogen and oxygen atoms in total. The van der Waals surface area contributed by atoms with E-state index in [-0.39, 0.29) is 30.6 Å². The van der Waals surface area contributed by atoms with E-state index in [0.717, 1.165) is 6.07 Å². The molecule has 0 amide bonds. The minimum Gasteiger partial charge on any atom is -0.492 e. The van der Waals surface area contributed by atoms with E-state index in [2.05, 4.69) is 0 Å². The lowest BCUT2D eigenvalue weighted by molar-refractivity contribution is -0.139. The largest absolute Gasteiger partial charge is 0.492 e. The number of nitrogens with two attached hydrogens (primary N) is 1. The van der Waals surface area contributed by atoms with Gasteiger partial charge in [0.15, 0.2) is 0 Å². The predicted molar refractivity (Wildman–Crippen MR) is 75.1 cm³/mol. The van der Waals surface area contributed by atoms with Crippen LogP contribution in [-0.2, 0) is 6.18 Å². The highest BCUT2D eigenvalue weighted by molar-refractivity contribution is 5.35. The maximum absolute atomic E-state index is 12.9. The van der Waals surface area contributed by atoms with Crippen LogP contribution in [0.4, 0.5) is 17.6 Å². The van der Waals surface area contributed by atoms with Gasteiger partial charge < -0.3 is 10.5 Å². The molecule has 0 aliphatic heterocycles. The second-order valence-corrected chi connectivity index (χ2v) is 4.79. The van der Waals surface area contributed by atoms with Crippen molar-refractivity contribution >= 4 is 0 Å². The fourth-order valence-corrected chi connectivity index (χ4v) is 2.05. The summed E-state index contributed by atoms with van der Waals surface area (Å²) in [7, 11) is 0. The molecule has 22 heavy (non-hydrogen) atoms. The van der Waals surface area contributed by atoms with E-state index in [1.807, 2.05) is 0 Å². The number of halogens is 4. The Morgan fingerprint density at radius 3 is 2.23 bits per heavy atom. The Morgan fingerprint density at radius 1 is 1.00 bits per heavy atom. The van der Waals surface area contributed by atoms with E-state index < -0.39 is 11.7 Å². The summed E-state index contributed by atoms with van der Waals surface area (Å²) in [5.74, 6) is -0.944. The SMILES string of the molecule is NCC(COc1ccccc1C(F)(F)F)c1ccc(F)cc1. The van der Waals surface area contributed by atoms with Crippen molar-refractivity contribution in [2.24, 2.45) is 5.73 Å². The highest BCUT2D eigenvalue weighted by Crippen LogP contribution is 2.36. The fourth-order valence-electron chi connectivity index (χ4n) is 2.05. The molecule has 2 aromatic carbocycles. The van der Waals surface area contributed by atoms with E-state index >= 15 is 0 Å². The number of hydrogen-bond donors (Lipinski definition) is 1. The summed E-state index contributed by atoms with van der Waals surface area (Å²) >= 11 is 0. The van der Waals surface area contributed by atoms with Gasteiger partial charge in [-0.15, -0.1) is 0 Å². The van der Waals surface area contributed by atoms with Crippen LogP contribution in [0.1, 0.15) is 17.0 Å². The topological polar surface area (TPSA) is 35.2 Å². The first-order chi connectivity index (χ1) is 10.4. The molecule has 6 heteroatoms. The number of hydrogen-bond acceptors (Lipinski definition) is 2. The summed E-state index contributed by atoms with van der Waals surface area (Å²) in [5, 5.41) is 0. The highest BCUT2D eigenvalue weighted by atomic mass is 19.4. The van der Waals surface area contributed by atoms with Crippen LogP contribution in [-0.4, -0.2) is 13.2 Å². The summed E-state index contributed by atoms with van der Waals surface area (Å²) in [6.07, 6.45) is -4.48. The van der Waals surface area contributed by atoms with Crippen molar-refractivity contribution in [3.63, 3.8) is 0 Å². The second-order valence-electron chi connectivity index (χ2n) is 4.79. The first-order valence-electron chi connectivity index (χ1n) is 6.66. The molecular weight excluding hydrogens is 298 g/mol. The quantitative estimate of drug-likeness (QED) is 0.848. The maximum Gasteiger partial charge on any atom is 0.419 e. The van der Waals surface area contributed by atoms with Crippen LogP contribution < -0.4 is 10.5 Å². The average Bonchev–Trinajstić information content (AvgIpc) is 2.49. The molecule has 0 fully saturated rings. The zero-order chi connectivity index (χ0) is 16.2. The van der Waals surface area contributed by atoms with E-state index in [9.17, 15) is 17.6 Å². The van der Waals surface area contributed by atoms with Crippen molar-refractivity contribution in [3.8, 4) is 5.75 Å². The second kappa shape index (κ2) is 6.79. The Kier molecular flexibility index (Phi) is 5.03. The molecule has 0 aliphatic rings. The number of para-hydroxylation sites is 1. The number of benzene rings is 2. The van der Waals surface area contributed by atoms with E-state index in [4.69, 9.17) is 10.5 Å². The van der Waals surface area contributed by atoms with Crippen molar-refractivity contribution in [2.45, 2.75) is 12.1 Å². The molecule has 0 radical (unpaired) electrons. The molecule has 0 saturated heterocycles. The van der Waals surface area contributed by atoms with Crippen LogP contribution in [0.3, 0.4) is 0 Å². The van der Waals surface area contributed by atoms with Gasteiger partial charge in [-0.05, 0) is 29.8 Å². The van der Waals surface area contributed by atoms with Gasteiger partial charge in [0.2, 0.25) is 0 Å². The van der Waals surface area contributed by atoms with Crippen LogP contribution >= 0.6 is 0 Å². The van der Waals surface area contributed by atoms with Gasteiger partial charge >= 0.3 is 6.18 Å². The Bertz CT molecular complexity index is 610. The standard InChI is InChI=1S/C16H15F4NO/c17-13-7-5-11(6-8-13)12(9-21)10-22-15-4-2-1-3-14(15)16(18,19)20/h1-8,12H,9-10,21H2. The molecule has 0 spiro atoms. The molecule has 2 aromatic rings. The molecule has 2 N–H and O–H groups in total. The molecule has 0 aromatic heterocycles. The summed E-state index contributed by atoms with van der Waals surface area (Å²) in [6.45, 7) is 0.162. The van der Waals surface area contributed by atoms with Crippen LogP contribution in [0.25, 0.3) is 0 Å². The average molecular weight is 313 g/mol. The van der Waals surface area contributed by atoms with Gasteiger partial charge in [-0.2, -0.15) is 13.2 Å². The minimum absolute atomic E-state index is 0.0186. The van der Waals surface area contributed by atoms with Crippen molar-refractivity contribution in [1.82, 2.24) is 0 Å². The summed E-state index contributed by atoms with van der Waals surface area (Å²) in [6, 6.07) is 10.7. The maximum atomic E-state index is 12.9. The molecule has 2 rings (SSSR count). The summed E-state index contributed by atoms with van der Waals surface area (Å²) in [4.78, 5) is 0. The van der Waals surface area contributed by atoms with Gasteiger partial charge in [0.1, 0.15) is 11.6 Å². The van der Waals surface area contributed by atoms with E-state index in [0.29, 0.717) is 5.56 Å². The molecule has 0 bridgehead atoms. The third-order valence-corrected chi connectivity index (χ3v) is 3.26. The smallest absolute Gasteiger partial charge is 0.419 e. The zero-order valence-corrected chi connectivity index (χ0v) is 11.6. The molecule has 0 aliphatic carbocycles. The van der Waals surface area contributed by atoms with Crippen molar-refractivity contribution in [3.05, 3.63) is 65.5 Å². The van der Waals surface area contributed by atoms with Crippen molar-refractivity contribution in [1.29, 1.82) is 0 Å². The third-order valence-electron chi connectivity index (χ3n) is 3.26. The molecule has 0 heterocycles. The van der Waals surface area contributed by atoms with Crippen molar-refractivity contribution in [2.75, 3.05) is 13.2 Å². The highest BCUT2D eigenvalue weighted by Gasteiger charge is 2.34. The Labute approximate surface area is 125 Å². The number of rotatable bonds is 5. The Morgan fingerprint density at radius 2 is 1.64 bits per heavy atom. The lowest BCUT2D eigenvalue weighted by Gasteiger charge is -2.18. The van der Waals surface area contributed by atoms with Gasteiger partial charge in [-0.3, -0.25) is 0 Å². The summed E-state index contributed by atoms with van der Waals surface area (Å²) < 4.78 is 56.8. The zero-order valence-electron chi connectivity index (χ0n) is 11.6. The molecule has 0 saturated carbocycles. The predicted octanol–water partition coefficient (Wildman–Crippen LogP) is 3.97. The Hall–Kier alpha value is -2.08. The first-order valence-corrected chi connectivity index (χ1v) is 6.66. The Balaban J connectivity index is 2.13. The lowest BCUT2D eigenvalue weighted by atomic mass is 10.0.